The average Bonchev–Trinajstić information content (AvgIpc) is 2.09. The summed E-state index contributed by atoms with van der Waals surface area (Å²) in [6.45, 7) is 0. The van der Waals surface area contributed by atoms with Crippen LogP contribution in [0.15, 0.2) is 23.5 Å². The third kappa shape index (κ3) is 1.47. The van der Waals surface area contributed by atoms with Crippen LogP contribution < -0.4 is 10.2 Å². The zero-order chi connectivity index (χ0) is 10.9. The van der Waals surface area contributed by atoms with Gasteiger partial charge in [0.15, 0.2) is 0 Å². The number of carbonyl (C=O) groups excluding carboxylic acids is 1. The van der Waals surface area contributed by atoms with Gasteiger partial charge in [0.1, 0.15) is 5.60 Å². The van der Waals surface area contributed by atoms with E-state index < -0.39 is 29.7 Å². The average molecular weight is 198 g/mol. The van der Waals surface area contributed by atoms with E-state index in [2.05, 4.69) is 0 Å². The van der Waals surface area contributed by atoms with E-state index in [1.807, 2.05) is 0 Å². The maximum absolute atomic E-state index is 11.0. The predicted octanol–water partition coefficient (Wildman–Crippen LogP) is -2.87. The van der Waals surface area contributed by atoms with Crippen molar-refractivity contribution in [3.8, 4) is 0 Å². The van der Waals surface area contributed by atoms with Crippen molar-refractivity contribution >= 4 is 11.9 Å². The van der Waals surface area contributed by atoms with Crippen LogP contribution in [0.25, 0.3) is 0 Å². The first kappa shape index (κ1) is 10.3. The second-order valence-corrected chi connectivity index (χ2v) is 2.83. The summed E-state index contributed by atoms with van der Waals surface area (Å²) in [5, 5.41) is 39.1. The van der Waals surface area contributed by atoms with Gasteiger partial charge in [0.25, 0.3) is 0 Å². The summed E-state index contributed by atoms with van der Waals surface area (Å²) in [6, 6.07) is 0. The zero-order valence-corrected chi connectivity index (χ0v) is 6.89. The normalized spacial score (nSPS) is 26.4. The number of rotatable bonds is 2. The maximum atomic E-state index is 11.0. The zero-order valence-electron chi connectivity index (χ0n) is 6.89. The van der Waals surface area contributed by atoms with E-state index in [1.54, 1.807) is 0 Å². The second kappa shape index (κ2) is 3.15. The molecule has 0 radical (unpaired) electrons. The van der Waals surface area contributed by atoms with E-state index in [0.717, 1.165) is 6.08 Å². The lowest BCUT2D eigenvalue weighted by Crippen LogP contribution is -2.53. The number of hydrogen-bond donors (Lipinski definition) is 2. The Morgan fingerprint density at radius 2 is 2.07 bits per heavy atom. The Morgan fingerprint density at radius 3 is 2.43 bits per heavy atom. The van der Waals surface area contributed by atoms with E-state index in [4.69, 9.17) is 5.11 Å². The highest BCUT2D eigenvalue weighted by Gasteiger charge is 2.30. The second-order valence-electron chi connectivity index (χ2n) is 2.83. The molecule has 0 saturated carbocycles. The van der Waals surface area contributed by atoms with Gasteiger partial charge >= 0.3 is 5.97 Å². The molecule has 0 aromatic carbocycles. The number of hydrogen-bond acceptors (Lipinski definition) is 5. The quantitative estimate of drug-likeness (QED) is 0.491. The van der Waals surface area contributed by atoms with Crippen LogP contribution in [0.4, 0.5) is 0 Å². The maximum Gasteiger partial charge on any atom is 0.335 e. The number of carboxylic acids is 2. The number of aliphatic hydroxyl groups is 1. The molecular formula is C8H6O6-2. The van der Waals surface area contributed by atoms with E-state index in [9.17, 15) is 24.9 Å². The molecule has 76 valence electrons. The molecule has 0 aromatic rings. The predicted molar refractivity (Wildman–Crippen MR) is 38.4 cm³/mol. The Labute approximate surface area is 78.4 Å². The van der Waals surface area contributed by atoms with Crippen LogP contribution in [-0.4, -0.2) is 27.8 Å². The molecular weight excluding hydrogens is 192 g/mol. The molecule has 14 heavy (non-hydrogen) atoms. The molecule has 0 bridgehead atoms. The van der Waals surface area contributed by atoms with Gasteiger partial charge in [-0.15, -0.1) is 0 Å². The summed E-state index contributed by atoms with van der Waals surface area (Å²) < 4.78 is 0. The Balaban J connectivity index is 3.04. The number of carbonyl (C=O) groups is 2. The molecule has 6 nitrogen and oxygen atoms in total. The van der Waals surface area contributed by atoms with Crippen molar-refractivity contribution in [2.75, 3.05) is 0 Å². The molecule has 0 fully saturated rings. The van der Waals surface area contributed by atoms with Crippen molar-refractivity contribution in [1.29, 1.82) is 0 Å². The number of carboxylic acid groups (broad SMARTS) is 2. The molecule has 0 spiro atoms. The Bertz CT molecular complexity index is 353. The van der Waals surface area contributed by atoms with Crippen molar-refractivity contribution in [3.05, 3.63) is 23.5 Å². The molecule has 0 aliphatic heterocycles. The highest BCUT2D eigenvalue weighted by atomic mass is 16.4. The summed E-state index contributed by atoms with van der Waals surface area (Å²) >= 11 is 0. The monoisotopic (exact) mass is 198 g/mol. The van der Waals surface area contributed by atoms with Crippen molar-refractivity contribution in [3.63, 3.8) is 0 Å². The van der Waals surface area contributed by atoms with E-state index >= 15 is 0 Å². The van der Waals surface area contributed by atoms with Crippen LogP contribution in [0.1, 0.15) is 6.42 Å². The van der Waals surface area contributed by atoms with Crippen molar-refractivity contribution in [2.45, 2.75) is 12.0 Å². The fourth-order valence-corrected chi connectivity index (χ4v) is 1.01. The first-order valence-corrected chi connectivity index (χ1v) is 3.64. The van der Waals surface area contributed by atoms with Gasteiger partial charge in [0.05, 0.1) is 11.5 Å². The summed E-state index contributed by atoms with van der Waals surface area (Å²) in [5.41, 5.74) is -2.96. The van der Waals surface area contributed by atoms with E-state index in [0.29, 0.717) is 6.08 Å². The Hall–Kier alpha value is -1.82. The molecule has 2 N–H and O–H groups in total. The third-order valence-corrected chi connectivity index (χ3v) is 1.90. The third-order valence-electron chi connectivity index (χ3n) is 1.90. The number of aliphatic carboxylic acids is 2. The molecule has 1 rings (SSSR count). The largest absolute Gasteiger partial charge is 0.873 e. The van der Waals surface area contributed by atoms with E-state index in [-0.39, 0.29) is 5.57 Å². The molecule has 0 saturated heterocycles. The fraction of sp³-hybridized carbons (Fsp3) is 0.250. The topological polar surface area (TPSA) is 121 Å². The standard InChI is InChI=1S/C8H8O6/c9-5-3-4(6(10)11)1-2-8(5,14)7(12)13/h1,3,9,14H,2H2,(H,10,11)(H,12,13)/p-2/t8-/m1/s1. The van der Waals surface area contributed by atoms with Gasteiger partial charge in [0, 0.05) is 6.42 Å². The minimum absolute atomic E-state index is 0.332. The SMILES string of the molecule is O=C(O)C1=CC[C@](O)(C(=O)[O-])C([O-])=C1. The Kier molecular flexibility index (Phi) is 2.31. The van der Waals surface area contributed by atoms with Gasteiger partial charge in [-0.2, -0.15) is 0 Å². The van der Waals surface area contributed by atoms with Crippen molar-refractivity contribution < 1.29 is 30.0 Å². The van der Waals surface area contributed by atoms with Gasteiger partial charge in [-0.05, 0) is 0 Å². The molecule has 1 aliphatic rings. The summed E-state index contributed by atoms with van der Waals surface area (Å²) in [5.74, 6) is -4.46. The van der Waals surface area contributed by atoms with Crippen LogP contribution in [0.2, 0.25) is 0 Å². The van der Waals surface area contributed by atoms with Crippen LogP contribution in [0.3, 0.4) is 0 Å². The summed E-state index contributed by atoms with van der Waals surface area (Å²) in [4.78, 5) is 20.8. The molecule has 6 heteroatoms. The minimum atomic E-state index is -2.63. The van der Waals surface area contributed by atoms with E-state index in [1.165, 1.54) is 0 Å². The smallest absolute Gasteiger partial charge is 0.335 e. The molecule has 0 unspecified atom stereocenters. The summed E-state index contributed by atoms with van der Waals surface area (Å²) in [6.07, 6.45) is 0.938. The lowest BCUT2D eigenvalue weighted by molar-refractivity contribution is -0.360. The van der Waals surface area contributed by atoms with Crippen LogP contribution in [-0.2, 0) is 9.59 Å². The first-order chi connectivity index (χ1) is 6.38. The lowest BCUT2D eigenvalue weighted by atomic mass is 9.90. The molecule has 0 heterocycles. The first-order valence-electron chi connectivity index (χ1n) is 3.64. The molecule has 1 atom stereocenters. The highest BCUT2D eigenvalue weighted by molar-refractivity contribution is 5.92. The van der Waals surface area contributed by atoms with Crippen molar-refractivity contribution in [1.82, 2.24) is 0 Å². The molecule has 0 aromatic heterocycles. The Morgan fingerprint density at radius 1 is 1.50 bits per heavy atom. The highest BCUT2D eigenvalue weighted by Crippen LogP contribution is 2.24. The van der Waals surface area contributed by atoms with Gasteiger partial charge in [-0.3, -0.25) is 0 Å². The molecule has 1 aliphatic carbocycles. The minimum Gasteiger partial charge on any atom is -0.873 e. The van der Waals surface area contributed by atoms with Crippen LogP contribution in [0, 0.1) is 0 Å². The fourth-order valence-electron chi connectivity index (χ4n) is 1.01. The van der Waals surface area contributed by atoms with Gasteiger partial charge in [-0.1, -0.05) is 17.9 Å². The van der Waals surface area contributed by atoms with Crippen molar-refractivity contribution in [2.24, 2.45) is 0 Å². The lowest BCUT2D eigenvalue weighted by Gasteiger charge is -2.37. The van der Waals surface area contributed by atoms with Crippen LogP contribution >= 0.6 is 0 Å². The molecule has 0 amide bonds. The van der Waals surface area contributed by atoms with Gasteiger partial charge in [0.2, 0.25) is 0 Å². The van der Waals surface area contributed by atoms with Crippen LogP contribution in [0.5, 0.6) is 0 Å². The van der Waals surface area contributed by atoms with Gasteiger partial charge < -0.3 is 25.2 Å². The van der Waals surface area contributed by atoms with Gasteiger partial charge in [-0.25, -0.2) is 4.79 Å². The summed E-state index contributed by atoms with van der Waals surface area (Å²) in [7, 11) is 0.